The van der Waals surface area contributed by atoms with Crippen molar-refractivity contribution in [1.29, 1.82) is 0 Å². The first-order chi connectivity index (χ1) is 22.7. The molecule has 240 valence electrons. The molecular formula is C33H30N6O8. The Balaban J connectivity index is 0.000000189. The van der Waals surface area contributed by atoms with Gasteiger partial charge in [-0.3, -0.25) is 9.59 Å². The second-order valence-electron chi connectivity index (χ2n) is 10.0. The van der Waals surface area contributed by atoms with E-state index < -0.39 is 28.4 Å². The summed E-state index contributed by atoms with van der Waals surface area (Å²) in [4.78, 5) is 64.4. The highest BCUT2D eigenvalue weighted by molar-refractivity contribution is 5.98. The van der Waals surface area contributed by atoms with Crippen LogP contribution in [0.5, 0.6) is 11.5 Å². The van der Waals surface area contributed by atoms with Gasteiger partial charge in [-0.05, 0) is 31.9 Å². The van der Waals surface area contributed by atoms with Crippen LogP contribution >= 0.6 is 0 Å². The van der Waals surface area contributed by atoms with E-state index in [1.165, 1.54) is 12.4 Å². The topological polar surface area (TPSA) is 181 Å². The molecule has 0 radical (unpaired) electrons. The van der Waals surface area contributed by atoms with Crippen LogP contribution in [0, 0.1) is 13.8 Å². The second kappa shape index (κ2) is 14.2. The summed E-state index contributed by atoms with van der Waals surface area (Å²) in [6, 6.07) is 19.8. The second-order valence-corrected chi connectivity index (χ2v) is 10.0. The zero-order valence-corrected chi connectivity index (χ0v) is 25.7. The Kier molecular flexibility index (Phi) is 9.69. The molecule has 6 aromatic rings. The number of aromatic nitrogens is 6. The van der Waals surface area contributed by atoms with E-state index in [2.05, 4.69) is 19.9 Å². The number of carbonyl (C=O) groups excluding carboxylic acids is 1. The molecule has 6 rings (SSSR count). The molecule has 14 nitrogen and oxygen atoms in total. The number of carbonyl (C=O) groups is 1. The van der Waals surface area contributed by atoms with Gasteiger partial charge in [-0.25, -0.2) is 24.7 Å². The number of hydrogen-bond donors (Lipinski definition) is 2. The highest BCUT2D eigenvalue weighted by Crippen LogP contribution is 2.25. The number of esters is 1. The summed E-state index contributed by atoms with van der Waals surface area (Å²) in [7, 11) is 0. The average molecular weight is 639 g/mol. The third-order valence-electron chi connectivity index (χ3n) is 6.68. The van der Waals surface area contributed by atoms with Crippen molar-refractivity contribution < 1.29 is 29.4 Å². The van der Waals surface area contributed by atoms with Gasteiger partial charge in [0, 0.05) is 18.5 Å². The Labute approximate surface area is 267 Å². The Hall–Kier alpha value is -6.31. The van der Waals surface area contributed by atoms with Crippen LogP contribution in [0.3, 0.4) is 0 Å². The molecule has 0 aliphatic rings. The summed E-state index contributed by atoms with van der Waals surface area (Å²) in [6.45, 7) is 5.31. The van der Waals surface area contributed by atoms with Crippen molar-refractivity contribution in [1.82, 2.24) is 29.4 Å². The fraction of sp³-hybridized carbons (Fsp3) is 0.182. The molecule has 14 heteroatoms. The molecule has 4 aromatic heterocycles. The molecule has 0 fully saturated rings. The molecule has 0 bridgehead atoms. The van der Waals surface area contributed by atoms with Crippen LogP contribution in [0.25, 0.3) is 22.1 Å². The van der Waals surface area contributed by atoms with Crippen molar-refractivity contribution >= 4 is 28.0 Å². The standard InChI is InChI=1S/C18H17N3O5.C15H13N3O3/c1-3-25-18(24)14-15(22)13-9-19-11(2)20-16(13)21(17(14)23)26-10-12-7-5-4-6-8-12;1-10-16-8-12-13(19)7-14(20)18(15(12)17-10)21-9-11-5-3-2-4-6-11/h4-9,22H,3,10H2,1-2H3;2-8,19H,9H2,1H3. The highest BCUT2D eigenvalue weighted by atomic mass is 16.7. The minimum atomic E-state index is -0.936. The van der Waals surface area contributed by atoms with Crippen LogP contribution in [0.15, 0.2) is 88.7 Å². The number of rotatable bonds is 8. The summed E-state index contributed by atoms with van der Waals surface area (Å²) in [5.41, 5.74) is 0.240. The SMILES string of the molecule is CCOC(=O)c1c(O)c2cnc(C)nc2n(OCc2ccccc2)c1=O.Cc1ncc2c(O)cc(=O)n(OCc3ccccc3)c2n1. The van der Waals surface area contributed by atoms with Gasteiger partial charge in [0.05, 0.1) is 17.4 Å². The van der Waals surface area contributed by atoms with Crippen LogP contribution in [0.1, 0.15) is 40.1 Å². The fourth-order valence-electron chi connectivity index (χ4n) is 4.42. The minimum Gasteiger partial charge on any atom is -0.507 e. The Morgan fingerprint density at radius 1 is 0.766 bits per heavy atom. The van der Waals surface area contributed by atoms with Crippen molar-refractivity contribution in [2.45, 2.75) is 34.0 Å². The normalized spacial score (nSPS) is 10.7. The van der Waals surface area contributed by atoms with Crippen molar-refractivity contribution in [3.63, 3.8) is 0 Å². The van der Waals surface area contributed by atoms with E-state index in [0.717, 1.165) is 26.7 Å². The van der Waals surface area contributed by atoms with Gasteiger partial charge in [0.2, 0.25) is 0 Å². The van der Waals surface area contributed by atoms with E-state index in [0.29, 0.717) is 17.0 Å². The van der Waals surface area contributed by atoms with E-state index in [-0.39, 0.29) is 42.3 Å². The lowest BCUT2D eigenvalue weighted by Crippen LogP contribution is -2.33. The van der Waals surface area contributed by atoms with Crippen molar-refractivity contribution in [2.24, 2.45) is 0 Å². The number of pyridine rings is 2. The van der Waals surface area contributed by atoms with Crippen molar-refractivity contribution in [3.05, 3.63) is 128 Å². The predicted molar refractivity (Wildman–Crippen MR) is 170 cm³/mol. The predicted octanol–water partition coefficient (Wildman–Crippen LogP) is 3.05. The molecule has 0 aliphatic carbocycles. The maximum atomic E-state index is 12.8. The van der Waals surface area contributed by atoms with Gasteiger partial charge in [-0.2, -0.15) is 0 Å². The molecule has 0 aliphatic heterocycles. The average Bonchev–Trinajstić information content (AvgIpc) is 3.06. The number of nitrogens with zero attached hydrogens (tertiary/aromatic N) is 6. The van der Waals surface area contributed by atoms with Gasteiger partial charge in [0.15, 0.2) is 16.9 Å². The number of fused-ring (bicyclic) bond motifs is 2. The number of aryl methyl sites for hydroxylation is 2. The van der Waals surface area contributed by atoms with Gasteiger partial charge < -0.3 is 24.6 Å². The Bertz CT molecular complexity index is 2170. The quantitative estimate of drug-likeness (QED) is 0.233. The third-order valence-corrected chi connectivity index (χ3v) is 6.68. The summed E-state index contributed by atoms with van der Waals surface area (Å²) >= 11 is 0. The lowest BCUT2D eigenvalue weighted by Gasteiger charge is -2.14. The van der Waals surface area contributed by atoms with Gasteiger partial charge in [0.25, 0.3) is 5.56 Å². The molecule has 0 spiro atoms. The largest absolute Gasteiger partial charge is 0.507 e. The first-order valence-electron chi connectivity index (χ1n) is 14.4. The first-order valence-corrected chi connectivity index (χ1v) is 14.4. The van der Waals surface area contributed by atoms with E-state index in [1.807, 2.05) is 60.7 Å². The Morgan fingerprint density at radius 3 is 1.83 bits per heavy atom. The molecule has 4 heterocycles. The molecule has 2 aromatic carbocycles. The smallest absolute Gasteiger partial charge is 0.347 e. The zero-order valence-electron chi connectivity index (χ0n) is 25.7. The fourth-order valence-corrected chi connectivity index (χ4v) is 4.42. The van der Waals surface area contributed by atoms with Crippen molar-refractivity contribution in [3.8, 4) is 11.5 Å². The molecule has 47 heavy (non-hydrogen) atoms. The van der Waals surface area contributed by atoms with E-state index in [9.17, 15) is 24.6 Å². The van der Waals surface area contributed by atoms with E-state index >= 15 is 0 Å². The first kappa shape index (κ1) is 32.1. The molecule has 0 unspecified atom stereocenters. The Morgan fingerprint density at radius 2 is 1.28 bits per heavy atom. The highest BCUT2D eigenvalue weighted by Gasteiger charge is 2.25. The van der Waals surface area contributed by atoms with Crippen molar-refractivity contribution in [2.75, 3.05) is 6.61 Å². The summed E-state index contributed by atoms with van der Waals surface area (Å²) in [5.74, 6) is -0.742. The number of aromatic hydroxyl groups is 2. The molecule has 0 atom stereocenters. The molecule has 0 saturated carbocycles. The van der Waals surface area contributed by atoms with E-state index in [4.69, 9.17) is 14.4 Å². The number of ether oxygens (including phenoxy) is 1. The van der Waals surface area contributed by atoms with Crippen LogP contribution < -0.4 is 20.8 Å². The molecular weight excluding hydrogens is 608 g/mol. The van der Waals surface area contributed by atoms with Crippen LogP contribution in [0.4, 0.5) is 0 Å². The molecule has 0 saturated heterocycles. The van der Waals surface area contributed by atoms with Gasteiger partial charge in [0.1, 0.15) is 36.4 Å². The third kappa shape index (κ3) is 7.17. The maximum Gasteiger partial charge on any atom is 0.347 e. The monoisotopic (exact) mass is 638 g/mol. The lowest BCUT2D eigenvalue weighted by atomic mass is 10.2. The molecule has 0 amide bonds. The van der Waals surface area contributed by atoms with Crippen LogP contribution in [-0.2, 0) is 18.0 Å². The summed E-state index contributed by atoms with van der Waals surface area (Å²) < 4.78 is 6.84. The van der Waals surface area contributed by atoms with Crippen LogP contribution in [-0.4, -0.2) is 52.2 Å². The summed E-state index contributed by atoms with van der Waals surface area (Å²) in [6.07, 6.45) is 2.80. The summed E-state index contributed by atoms with van der Waals surface area (Å²) in [5, 5.41) is 20.7. The lowest BCUT2D eigenvalue weighted by molar-refractivity contribution is 0.0507. The minimum absolute atomic E-state index is 0.0605. The van der Waals surface area contributed by atoms with Gasteiger partial charge in [-0.1, -0.05) is 60.7 Å². The zero-order chi connectivity index (χ0) is 33.5. The number of benzene rings is 2. The maximum absolute atomic E-state index is 12.8. The van der Waals surface area contributed by atoms with Gasteiger partial charge >= 0.3 is 11.5 Å². The number of hydrogen-bond acceptors (Lipinski definition) is 12. The van der Waals surface area contributed by atoms with E-state index in [1.54, 1.807) is 20.8 Å². The van der Waals surface area contributed by atoms with Gasteiger partial charge in [-0.15, -0.1) is 9.46 Å². The van der Waals surface area contributed by atoms with Crippen LogP contribution in [0.2, 0.25) is 0 Å². The molecule has 2 N–H and O–H groups in total.